The van der Waals surface area contributed by atoms with Crippen LogP contribution in [0.2, 0.25) is 0 Å². The standard InChI is InChI=1S/C14H21NO3/c1-16-12-4-2-3-11(7-12)9-17-10-14-6-5-13(8-15)18-14/h2-4,7,13-14H,5-6,8-10,15H2,1H3. The van der Waals surface area contributed by atoms with E-state index >= 15 is 0 Å². The molecule has 1 aliphatic heterocycles. The molecule has 1 fully saturated rings. The Morgan fingerprint density at radius 2 is 2.17 bits per heavy atom. The van der Waals surface area contributed by atoms with Gasteiger partial charge in [-0.15, -0.1) is 0 Å². The second-order valence-electron chi connectivity index (χ2n) is 4.56. The Kier molecular flexibility index (Phi) is 4.99. The average molecular weight is 251 g/mol. The highest BCUT2D eigenvalue weighted by molar-refractivity contribution is 5.27. The molecule has 2 atom stereocenters. The normalized spacial score (nSPS) is 23.2. The molecule has 4 nitrogen and oxygen atoms in total. The number of rotatable bonds is 6. The average Bonchev–Trinajstić information content (AvgIpc) is 2.87. The quantitative estimate of drug-likeness (QED) is 0.836. The molecule has 0 bridgehead atoms. The topological polar surface area (TPSA) is 53.7 Å². The molecule has 0 saturated carbocycles. The molecule has 18 heavy (non-hydrogen) atoms. The summed E-state index contributed by atoms with van der Waals surface area (Å²) in [4.78, 5) is 0. The number of nitrogens with two attached hydrogens (primary N) is 1. The van der Waals surface area contributed by atoms with E-state index in [9.17, 15) is 0 Å². The maximum Gasteiger partial charge on any atom is 0.119 e. The summed E-state index contributed by atoms with van der Waals surface area (Å²) in [5, 5.41) is 0. The summed E-state index contributed by atoms with van der Waals surface area (Å²) in [7, 11) is 1.67. The van der Waals surface area contributed by atoms with Gasteiger partial charge in [0.05, 0.1) is 32.5 Å². The summed E-state index contributed by atoms with van der Waals surface area (Å²) in [6.45, 7) is 1.82. The van der Waals surface area contributed by atoms with Crippen molar-refractivity contribution >= 4 is 0 Å². The van der Waals surface area contributed by atoms with Crippen molar-refractivity contribution < 1.29 is 14.2 Å². The van der Waals surface area contributed by atoms with Gasteiger partial charge in [0, 0.05) is 6.54 Å². The highest BCUT2D eigenvalue weighted by Gasteiger charge is 2.23. The largest absolute Gasteiger partial charge is 0.497 e. The monoisotopic (exact) mass is 251 g/mol. The first kappa shape index (κ1) is 13.3. The fourth-order valence-electron chi connectivity index (χ4n) is 2.15. The van der Waals surface area contributed by atoms with Crippen LogP contribution in [-0.2, 0) is 16.1 Å². The zero-order chi connectivity index (χ0) is 12.8. The predicted molar refractivity (Wildman–Crippen MR) is 69.6 cm³/mol. The Hall–Kier alpha value is -1.10. The third-order valence-corrected chi connectivity index (χ3v) is 3.17. The van der Waals surface area contributed by atoms with Crippen molar-refractivity contribution in [3.63, 3.8) is 0 Å². The lowest BCUT2D eigenvalue weighted by Gasteiger charge is -2.13. The zero-order valence-corrected chi connectivity index (χ0v) is 10.8. The van der Waals surface area contributed by atoms with Crippen molar-refractivity contribution in [2.75, 3.05) is 20.3 Å². The molecule has 2 N–H and O–H groups in total. The van der Waals surface area contributed by atoms with E-state index in [-0.39, 0.29) is 12.2 Å². The molecular weight excluding hydrogens is 230 g/mol. The van der Waals surface area contributed by atoms with Crippen molar-refractivity contribution in [2.45, 2.75) is 31.7 Å². The van der Waals surface area contributed by atoms with Gasteiger partial charge in [0.1, 0.15) is 5.75 Å². The van der Waals surface area contributed by atoms with E-state index in [4.69, 9.17) is 19.9 Å². The number of hydrogen-bond acceptors (Lipinski definition) is 4. The van der Waals surface area contributed by atoms with Gasteiger partial charge >= 0.3 is 0 Å². The Morgan fingerprint density at radius 1 is 1.33 bits per heavy atom. The maximum atomic E-state index is 5.72. The summed E-state index contributed by atoms with van der Waals surface area (Å²) in [5.41, 5.74) is 6.68. The molecule has 1 aliphatic rings. The van der Waals surface area contributed by atoms with E-state index in [1.165, 1.54) is 0 Å². The van der Waals surface area contributed by atoms with Crippen LogP contribution in [-0.4, -0.2) is 32.5 Å². The van der Waals surface area contributed by atoms with Gasteiger partial charge in [-0.2, -0.15) is 0 Å². The molecule has 0 radical (unpaired) electrons. The lowest BCUT2D eigenvalue weighted by atomic mass is 10.2. The molecular formula is C14H21NO3. The van der Waals surface area contributed by atoms with Gasteiger partial charge in [-0.3, -0.25) is 0 Å². The van der Waals surface area contributed by atoms with Crippen molar-refractivity contribution in [2.24, 2.45) is 5.73 Å². The zero-order valence-electron chi connectivity index (χ0n) is 10.8. The van der Waals surface area contributed by atoms with Crippen LogP contribution in [0.5, 0.6) is 5.75 Å². The van der Waals surface area contributed by atoms with E-state index in [0.29, 0.717) is 19.8 Å². The van der Waals surface area contributed by atoms with Crippen LogP contribution in [0.25, 0.3) is 0 Å². The first-order valence-electron chi connectivity index (χ1n) is 6.38. The Balaban J connectivity index is 1.72. The third kappa shape index (κ3) is 3.70. The van der Waals surface area contributed by atoms with Crippen molar-refractivity contribution in [3.05, 3.63) is 29.8 Å². The summed E-state index contributed by atoms with van der Waals surface area (Å²) < 4.78 is 16.6. The molecule has 0 amide bonds. The summed E-state index contributed by atoms with van der Waals surface area (Å²) in [6, 6.07) is 7.91. The lowest BCUT2D eigenvalue weighted by Crippen LogP contribution is -2.22. The van der Waals surface area contributed by atoms with E-state index in [1.54, 1.807) is 7.11 Å². The Morgan fingerprint density at radius 3 is 2.89 bits per heavy atom. The first-order valence-corrected chi connectivity index (χ1v) is 6.38. The van der Waals surface area contributed by atoms with Crippen LogP contribution >= 0.6 is 0 Å². The fraction of sp³-hybridized carbons (Fsp3) is 0.571. The molecule has 1 aromatic rings. The van der Waals surface area contributed by atoms with Gasteiger partial charge in [-0.1, -0.05) is 12.1 Å². The van der Waals surface area contributed by atoms with E-state index in [0.717, 1.165) is 24.2 Å². The van der Waals surface area contributed by atoms with Crippen LogP contribution in [0, 0.1) is 0 Å². The predicted octanol–water partition coefficient (Wildman–Crippen LogP) is 1.72. The van der Waals surface area contributed by atoms with Crippen molar-refractivity contribution in [1.82, 2.24) is 0 Å². The Labute approximate surface area is 108 Å². The number of hydrogen-bond donors (Lipinski definition) is 1. The number of ether oxygens (including phenoxy) is 3. The molecule has 0 aromatic heterocycles. The summed E-state index contributed by atoms with van der Waals surface area (Å²) >= 11 is 0. The van der Waals surface area contributed by atoms with Crippen LogP contribution in [0.15, 0.2) is 24.3 Å². The van der Waals surface area contributed by atoms with E-state index in [1.807, 2.05) is 24.3 Å². The smallest absolute Gasteiger partial charge is 0.119 e. The molecule has 1 heterocycles. The first-order chi connectivity index (χ1) is 8.81. The van der Waals surface area contributed by atoms with Crippen LogP contribution in [0.3, 0.4) is 0 Å². The molecule has 1 saturated heterocycles. The van der Waals surface area contributed by atoms with Crippen molar-refractivity contribution in [3.8, 4) is 5.75 Å². The fourth-order valence-corrected chi connectivity index (χ4v) is 2.15. The minimum atomic E-state index is 0.198. The van der Waals surface area contributed by atoms with Crippen LogP contribution in [0.1, 0.15) is 18.4 Å². The van der Waals surface area contributed by atoms with Crippen LogP contribution < -0.4 is 10.5 Å². The minimum absolute atomic E-state index is 0.198. The highest BCUT2D eigenvalue weighted by Crippen LogP contribution is 2.19. The SMILES string of the molecule is COc1cccc(COCC2CCC(CN)O2)c1. The highest BCUT2D eigenvalue weighted by atomic mass is 16.5. The molecule has 2 unspecified atom stereocenters. The summed E-state index contributed by atoms with van der Waals surface area (Å²) in [6.07, 6.45) is 2.50. The minimum Gasteiger partial charge on any atom is -0.497 e. The van der Waals surface area contributed by atoms with Crippen LogP contribution in [0.4, 0.5) is 0 Å². The van der Waals surface area contributed by atoms with E-state index in [2.05, 4.69) is 0 Å². The van der Waals surface area contributed by atoms with Gasteiger partial charge in [-0.25, -0.2) is 0 Å². The van der Waals surface area contributed by atoms with E-state index < -0.39 is 0 Å². The molecule has 2 rings (SSSR count). The Bertz CT molecular complexity index is 370. The third-order valence-electron chi connectivity index (χ3n) is 3.17. The molecule has 4 heteroatoms. The maximum absolute atomic E-state index is 5.72. The second-order valence-corrected chi connectivity index (χ2v) is 4.56. The molecule has 1 aromatic carbocycles. The van der Waals surface area contributed by atoms with Gasteiger partial charge in [0.25, 0.3) is 0 Å². The van der Waals surface area contributed by atoms with Gasteiger partial charge in [-0.05, 0) is 30.5 Å². The number of methoxy groups -OCH3 is 1. The molecule has 0 aliphatic carbocycles. The molecule has 100 valence electrons. The molecule has 0 spiro atoms. The lowest BCUT2D eigenvalue weighted by molar-refractivity contribution is -0.0168. The van der Waals surface area contributed by atoms with Gasteiger partial charge < -0.3 is 19.9 Å². The van der Waals surface area contributed by atoms with Crippen molar-refractivity contribution in [1.29, 1.82) is 0 Å². The second kappa shape index (κ2) is 6.73. The van der Waals surface area contributed by atoms with Gasteiger partial charge in [0.2, 0.25) is 0 Å². The van der Waals surface area contributed by atoms with Gasteiger partial charge in [0.15, 0.2) is 0 Å². The summed E-state index contributed by atoms with van der Waals surface area (Å²) in [5.74, 6) is 0.858. The number of benzene rings is 1.